The van der Waals surface area contributed by atoms with Crippen LogP contribution in [-0.4, -0.2) is 31.2 Å². The summed E-state index contributed by atoms with van der Waals surface area (Å²) in [6.07, 6.45) is -9.91. The zero-order chi connectivity index (χ0) is 43.8. The van der Waals surface area contributed by atoms with Gasteiger partial charge in [0.05, 0.1) is 37.5 Å². The van der Waals surface area contributed by atoms with Crippen molar-refractivity contribution in [3.8, 4) is 11.5 Å². The Bertz CT molecular complexity index is 2110. The summed E-state index contributed by atoms with van der Waals surface area (Å²) in [7, 11) is -4.35. The maximum atomic E-state index is 14.4. The van der Waals surface area contributed by atoms with Gasteiger partial charge < -0.3 is 19.5 Å². The maximum Gasteiger partial charge on any atom is 0.573 e. The monoisotopic (exact) mass is 873 g/mol. The molecule has 326 valence electrons. The minimum atomic E-state index is -4.86. The van der Waals surface area contributed by atoms with Crippen LogP contribution in [0.4, 0.5) is 31.1 Å². The van der Waals surface area contributed by atoms with Crippen LogP contribution in [0.25, 0.3) is 0 Å². The molecule has 1 amide bonds. The number of ether oxygens (including phenoxy) is 3. The lowest BCUT2D eigenvalue weighted by Crippen LogP contribution is -2.52. The van der Waals surface area contributed by atoms with Gasteiger partial charge in [-0.15, -0.1) is 13.2 Å². The zero-order valence-corrected chi connectivity index (χ0v) is 34.1. The predicted molar refractivity (Wildman–Crippen MR) is 216 cm³/mol. The molecule has 0 aliphatic rings. The van der Waals surface area contributed by atoms with Gasteiger partial charge in [0, 0.05) is 0 Å². The zero-order valence-electron chi connectivity index (χ0n) is 33.3. The van der Waals surface area contributed by atoms with Gasteiger partial charge in [-0.3, -0.25) is 13.6 Å². The third kappa shape index (κ3) is 15.9. The fraction of sp³-hybridized carbons (Fsp3) is 0.311. The fourth-order valence-corrected chi connectivity index (χ4v) is 7.35. The first-order valence-electron chi connectivity index (χ1n) is 19.4. The number of halogens is 6. The second kappa shape index (κ2) is 22.0. The summed E-state index contributed by atoms with van der Waals surface area (Å²) in [4.78, 5) is 13.3. The Morgan fingerprint density at radius 1 is 0.639 bits per heavy atom. The fourth-order valence-electron chi connectivity index (χ4n) is 6.10. The number of carbonyl (C=O) groups excluding carboxylic acids is 1. The molecule has 1 unspecified atom stereocenters. The van der Waals surface area contributed by atoms with Crippen molar-refractivity contribution in [2.24, 2.45) is 0 Å². The smallest absolute Gasteiger partial charge is 0.493 e. The number of alkyl halides is 6. The van der Waals surface area contributed by atoms with Gasteiger partial charge in [0.1, 0.15) is 18.1 Å². The number of phosphoric acid groups is 1. The quantitative estimate of drug-likeness (QED) is 0.0417. The van der Waals surface area contributed by atoms with Crippen molar-refractivity contribution in [2.75, 3.05) is 13.2 Å². The van der Waals surface area contributed by atoms with Gasteiger partial charge in [-0.1, -0.05) is 116 Å². The molecule has 5 rings (SSSR count). The highest BCUT2D eigenvalue weighted by Gasteiger charge is 2.38. The van der Waals surface area contributed by atoms with Crippen LogP contribution in [0.2, 0.25) is 0 Å². The van der Waals surface area contributed by atoms with Crippen molar-refractivity contribution in [1.82, 2.24) is 5.32 Å². The van der Waals surface area contributed by atoms with E-state index in [1.165, 1.54) is 24.3 Å². The van der Waals surface area contributed by atoms with Crippen LogP contribution in [0.1, 0.15) is 59.6 Å². The van der Waals surface area contributed by atoms with Gasteiger partial charge in [-0.25, -0.2) is 9.36 Å². The van der Waals surface area contributed by atoms with Gasteiger partial charge >= 0.3 is 26.5 Å². The lowest BCUT2D eigenvalue weighted by Gasteiger charge is -2.34. The Morgan fingerprint density at radius 2 is 1.20 bits per heavy atom. The van der Waals surface area contributed by atoms with Crippen molar-refractivity contribution >= 4 is 13.9 Å². The number of hydrogen-bond acceptors (Lipinski definition) is 8. The van der Waals surface area contributed by atoms with Crippen LogP contribution in [-0.2, 0) is 61.7 Å². The first-order chi connectivity index (χ1) is 29.1. The van der Waals surface area contributed by atoms with E-state index < -0.39 is 55.7 Å². The Morgan fingerprint density at radius 3 is 1.75 bits per heavy atom. The normalized spacial score (nSPS) is 13.0. The van der Waals surface area contributed by atoms with E-state index in [0.717, 1.165) is 17.7 Å². The van der Waals surface area contributed by atoms with Crippen LogP contribution in [0.15, 0.2) is 133 Å². The molecule has 0 saturated carbocycles. The highest BCUT2D eigenvalue weighted by Crippen LogP contribution is 2.52. The number of benzene rings is 5. The molecule has 5 aromatic carbocycles. The summed E-state index contributed by atoms with van der Waals surface area (Å²) in [6.45, 7) is 0.829. The van der Waals surface area contributed by atoms with Crippen LogP contribution in [0, 0.1) is 0 Å². The number of alkyl carbamates (subject to hydrolysis) is 1. The topological polar surface area (TPSA) is 102 Å². The summed E-state index contributed by atoms with van der Waals surface area (Å²) in [5, 5.41) is 2.83. The molecule has 1 N–H and O–H groups in total. The molecule has 61 heavy (non-hydrogen) atoms. The Kier molecular flexibility index (Phi) is 16.8. The third-order valence-corrected chi connectivity index (χ3v) is 10.8. The summed E-state index contributed by atoms with van der Waals surface area (Å²) in [6, 6.07) is 35.7. The van der Waals surface area contributed by atoms with E-state index in [9.17, 15) is 35.7 Å². The van der Waals surface area contributed by atoms with Crippen LogP contribution >= 0.6 is 7.82 Å². The second-order valence-electron chi connectivity index (χ2n) is 14.0. The number of nitrogens with one attached hydrogen (secondary N) is 1. The molecule has 0 aliphatic heterocycles. The average Bonchev–Trinajstić information content (AvgIpc) is 3.24. The van der Waals surface area contributed by atoms with E-state index in [1.807, 2.05) is 18.2 Å². The summed E-state index contributed by atoms with van der Waals surface area (Å²) in [5.41, 5.74) is 0.462. The molecule has 0 heterocycles. The van der Waals surface area contributed by atoms with E-state index >= 15 is 0 Å². The molecule has 5 aromatic rings. The molecule has 16 heteroatoms. The molecular formula is C45H46F6NO8P. The van der Waals surface area contributed by atoms with Crippen molar-refractivity contribution in [1.29, 1.82) is 0 Å². The lowest BCUT2D eigenvalue weighted by atomic mass is 9.89. The number of rotatable bonds is 22. The molecule has 0 spiro atoms. The van der Waals surface area contributed by atoms with Crippen LogP contribution in [0.5, 0.6) is 11.5 Å². The molecule has 1 atom stereocenters. The number of carbonyl (C=O) groups is 1. The summed E-state index contributed by atoms with van der Waals surface area (Å²) in [5.74, 6) is -0.828. The minimum absolute atomic E-state index is 0.00406. The first-order valence-corrected chi connectivity index (χ1v) is 20.9. The maximum absolute atomic E-state index is 14.4. The second-order valence-corrected chi connectivity index (χ2v) is 15.7. The van der Waals surface area contributed by atoms with E-state index in [0.29, 0.717) is 16.7 Å². The molecule has 9 nitrogen and oxygen atoms in total. The van der Waals surface area contributed by atoms with E-state index in [-0.39, 0.29) is 64.1 Å². The van der Waals surface area contributed by atoms with Crippen LogP contribution in [0.3, 0.4) is 0 Å². The SMILES string of the molecule is CCC(CCc1ccc(OCCCc2cccc(OC(F)(F)F)c2)c(C(F)(F)F)c1)(COP(=O)(OCc1ccccc1)OCc1ccccc1)NC(=O)OCc1ccccc1. The highest BCUT2D eigenvalue weighted by molar-refractivity contribution is 7.48. The molecule has 0 aliphatic carbocycles. The van der Waals surface area contributed by atoms with Crippen LogP contribution < -0.4 is 14.8 Å². The Labute approximate surface area is 350 Å². The van der Waals surface area contributed by atoms with Gasteiger partial charge in [0.2, 0.25) is 0 Å². The number of hydrogen-bond donors (Lipinski definition) is 1. The van der Waals surface area contributed by atoms with Crippen molar-refractivity contribution < 1.29 is 63.5 Å². The van der Waals surface area contributed by atoms with Crippen molar-refractivity contribution in [2.45, 2.75) is 76.9 Å². The largest absolute Gasteiger partial charge is 0.573 e. The summed E-state index contributed by atoms with van der Waals surface area (Å²) < 4.78 is 128. The lowest BCUT2D eigenvalue weighted by molar-refractivity contribution is -0.274. The molecule has 0 saturated heterocycles. The van der Waals surface area contributed by atoms with Crippen molar-refractivity contribution in [3.63, 3.8) is 0 Å². The van der Waals surface area contributed by atoms with Gasteiger partial charge in [0.25, 0.3) is 0 Å². The molecule has 0 aromatic heterocycles. The van der Waals surface area contributed by atoms with E-state index in [2.05, 4.69) is 10.1 Å². The Balaban J connectivity index is 1.31. The standard InChI is InChI=1S/C45H46F6NO8P/c1-2-43(52-42(53)56-30-36-14-6-3-7-15-36,33-59-61(54,57-31-37-16-8-4-9-17-37)58-32-38-18-10-5-11-19-38)26-25-35-23-24-41(40(29-35)44(46,47)48)55-27-13-21-34-20-12-22-39(28-34)60-45(49,50)51/h3-12,14-20,22-24,28-29H,2,13,21,25-27,30-33H2,1H3,(H,52,53). The first kappa shape index (κ1) is 46.7. The van der Waals surface area contributed by atoms with Gasteiger partial charge in [-0.2, -0.15) is 13.2 Å². The average molecular weight is 874 g/mol. The molecular weight excluding hydrogens is 827 g/mol. The number of aryl methyl sites for hydroxylation is 2. The molecule has 0 bridgehead atoms. The third-order valence-electron chi connectivity index (χ3n) is 9.46. The Hall–Kier alpha value is -5.34. The summed E-state index contributed by atoms with van der Waals surface area (Å²) >= 11 is 0. The van der Waals surface area contributed by atoms with E-state index in [4.69, 9.17) is 23.0 Å². The highest BCUT2D eigenvalue weighted by atomic mass is 31.2. The van der Waals surface area contributed by atoms with Crippen molar-refractivity contribution in [3.05, 3.63) is 167 Å². The molecule has 0 radical (unpaired) electrons. The predicted octanol–water partition coefficient (Wildman–Crippen LogP) is 12.2. The minimum Gasteiger partial charge on any atom is -0.493 e. The number of amides is 1. The number of phosphoric ester groups is 1. The van der Waals surface area contributed by atoms with E-state index in [1.54, 1.807) is 85.8 Å². The van der Waals surface area contributed by atoms with Gasteiger partial charge in [-0.05, 0) is 84.2 Å². The molecule has 0 fully saturated rings. The van der Waals surface area contributed by atoms with Gasteiger partial charge in [0.15, 0.2) is 0 Å².